The molecular formula is C13H22N2O2. The molecule has 4 heteroatoms. The molecule has 1 N–H and O–H groups in total. The molecule has 0 bridgehead atoms. The van der Waals surface area contributed by atoms with Crippen LogP contribution in [0, 0.1) is 0 Å². The van der Waals surface area contributed by atoms with Crippen molar-refractivity contribution < 1.29 is 9.53 Å². The molecule has 1 spiro atoms. The predicted octanol–water partition coefficient (Wildman–Crippen LogP) is 1.26. The van der Waals surface area contributed by atoms with Crippen molar-refractivity contribution in [2.45, 2.75) is 63.1 Å². The summed E-state index contributed by atoms with van der Waals surface area (Å²) < 4.78 is 5.70. The summed E-state index contributed by atoms with van der Waals surface area (Å²) in [7, 11) is 0. The van der Waals surface area contributed by atoms with Crippen LogP contribution in [0.25, 0.3) is 0 Å². The summed E-state index contributed by atoms with van der Waals surface area (Å²) in [5, 5.41) is 3.46. The van der Waals surface area contributed by atoms with Crippen LogP contribution in [0.5, 0.6) is 0 Å². The van der Waals surface area contributed by atoms with Gasteiger partial charge in [-0.2, -0.15) is 0 Å². The maximum absolute atomic E-state index is 12.5. The van der Waals surface area contributed by atoms with Crippen LogP contribution < -0.4 is 5.32 Å². The number of hydrogen-bond acceptors (Lipinski definition) is 3. The van der Waals surface area contributed by atoms with Gasteiger partial charge in [0.1, 0.15) is 0 Å². The van der Waals surface area contributed by atoms with E-state index in [0.29, 0.717) is 12.6 Å². The first kappa shape index (κ1) is 11.5. The molecule has 3 aliphatic rings. The van der Waals surface area contributed by atoms with Gasteiger partial charge in [0, 0.05) is 6.61 Å². The average molecular weight is 238 g/mol. The minimum atomic E-state index is -0.215. The second kappa shape index (κ2) is 4.25. The topological polar surface area (TPSA) is 41.6 Å². The van der Waals surface area contributed by atoms with Crippen LogP contribution >= 0.6 is 0 Å². The first-order chi connectivity index (χ1) is 8.23. The molecule has 0 radical (unpaired) electrons. The summed E-state index contributed by atoms with van der Waals surface area (Å²) in [6, 6.07) is 0.220. The van der Waals surface area contributed by atoms with Crippen LogP contribution in [0.4, 0.5) is 0 Å². The fourth-order valence-corrected chi connectivity index (χ4v) is 3.54. The third-order valence-electron chi connectivity index (χ3n) is 4.71. The summed E-state index contributed by atoms with van der Waals surface area (Å²) in [6.07, 6.45) is 6.87. The van der Waals surface area contributed by atoms with Crippen molar-refractivity contribution >= 4 is 5.91 Å². The van der Waals surface area contributed by atoms with Gasteiger partial charge in [-0.05, 0) is 32.6 Å². The summed E-state index contributed by atoms with van der Waals surface area (Å²) in [5.41, 5.74) is -0.215. The first-order valence-electron chi connectivity index (χ1n) is 6.91. The molecule has 2 atom stereocenters. The number of amides is 1. The molecule has 1 amide bonds. The molecule has 2 heterocycles. The molecule has 4 nitrogen and oxygen atoms in total. The van der Waals surface area contributed by atoms with E-state index < -0.39 is 0 Å². The van der Waals surface area contributed by atoms with Gasteiger partial charge in [-0.15, -0.1) is 0 Å². The molecule has 3 fully saturated rings. The molecule has 96 valence electrons. The molecule has 1 aliphatic carbocycles. The summed E-state index contributed by atoms with van der Waals surface area (Å²) in [4.78, 5) is 14.5. The van der Waals surface area contributed by atoms with Crippen LogP contribution in [-0.4, -0.2) is 41.8 Å². The number of nitrogens with zero attached hydrogens (tertiary/aromatic N) is 1. The fraction of sp³-hybridized carbons (Fsp3) is 0.923. The molecule has 2 saturated heterocycles. The molecule has 17 heavy (non-hydrogen) atoms. The largest absolute Gasteiger partial charge is 0.376 e. The van der Waals surface area contributed by atoms with E-state index in [9.17, 15) is 4.79 Å². The SMILES string of the molecule is CC(C1CCCO1)N1CNC2(CCCC2)C1=O. The minimum Gasteiger partial charge on any atom is -0.376 e. The van der Waals surface area contributed by atoms with E-state index in [-0.39, 0.29) is 17.7 Å². The molecule has 3 rings (SSSR count). The second-order valence-corrected chi connectivity index (χ2v) is 5.69. The molecule has 0 aromatic heterocycles. The van der Waals surface area contributed by atoms with Crippen molar-refractivity contribution in [3.05, 3.63) is 0 Å². The molecule has 2 unspecified atom stereocenters. The van der Waals surface area contributed by atoms with E-state index in [0.717, 1.165) is 32.3 Å². The van der Waals surface area contributed by atoms with E-state index >= 15 is 0 Å². The highest BCUT2D eigenvalue weighted by molar-refractivity contribution is 5.89. The fourth-order valence-electron chi connectivity index (χ4n) is 3.54. The van der Waals surface area contributed by atoms with Crippen molar-refractivity contribution in [1.29, 1.82) is 0 Å². The standard InChI is InChI=1S/C13H22N2O2/c1-10(11-5-4-8-17-11)15-9-14-13(12(15)16)6-2-3-7-13/h10-11,14H,2-9H2,1H3. The lowest BCUT2D eigenvalue weighted by molar-refractivity contribution is -0.136. The second-order valence-electron chi connectivity index (χ2n) is 5.69. The highest BCUT2D eigenvalue weighted by Gasteiger charge is 2.50. The average Bonchev–Trinajstić information content (AvgIpc) is 3.05. The highest BCUT2D eigenvalue weighted by Crippen LogP contribution is 2.36. The zero-order valence-corrected chi connectivity index (χ0v) is 10.6. The number of nitrogens with one attached hydrogen (secondary N) is 1. The van der Waals surface area contributed by atoms with Crippen molar-refractivity contribution in [2.24, 2.45) is 0 Å². The monoisotopic (exact) mass is 238 g/mol. The predicted molar refractivity (Wildman–Crippen MR) is 64.5 cm³/mol. The van der Waals surface area contributed by atoms with E-state index in [2.05, 4.69) is 12.2 Å². The van der Waals surface area contributed by atoms with Gasteiger partial charge in [0.2, 0.25) is 5.91 Å². The Labute approximate surface area is 103 Å². The van der Waals surface area contributed by atoms with Gasteiger partial charge >= 0.3 is 0 Å². The molecule has 0 aromatic carbocycles. The molecule has 1 saturated carbocycles. The van der Waals surface area contributed by atoms with Crippen LogP contribution in [0.3, 0.4) is 0 Å². The number of carbonyl (C=O) groups is 1. The van der Waals surface area contributed by atoms with Crippen LogP contribution in [0.15, 0.2) is 0 Å². The number of carbonyl (C=O) groups excluding carboxylic acids is 1. The number of rotatable bonds is 2. The Hall–Kier alpha value is -0.610. The van der Waals surface area contributed by atoms with Gasteiger partial charge in [-0.1, -0.05) is 12.8 Å². The van der Waals surface area contributed by atoms with E-state index in [1.54, 1.807) is 0 Å². The van der Waals surface area contributed by atoms with Crippen LogP contribution in [0.2, 0.25) is 0 Å². The Morgan fingerprint density at radius 2 is 2.18 bits per heavy atom. The van der Waals surface area contributed by atoms with Gasteiger partial charge in [0.25, 0.3) is 0 Å². The third-order valence-corrected chi connectivity index (χ3v) is 4.71. The number of hydrogen-bond donors (Lipinski definition) is 1. The Balaban J connectivity index is 1.70. The molecule has 0 aromatic rings. The Bertz CT molecular complexity index is 307. The molecular weight excluding hydrogens is 216 g/mol. The Kier molecular flexibility index (Phi) is 2.87. The van der Waals surface area contributed by atoms with Gasteiger partial charge in [-0.25, -0.2) is 0 Å². The highest BCUT2D eigenvalue weighted by atomic mass is 16.5. The lowest BCUT2D eigenvalue weighted by Gasteiger charge is -2.29. The van der Waals surface area contributed by atoms with Crippen molar-refractivity contribution in [3.8, 4) is 0 Å². The van der Waals surface area contributed by atoms with Gasteiger partial charge in [0.15, 0.2) is 0 Å². The van der Waals surface area contributed by atoms with E-state index in [1.807, 2.05) is 4.90 Å². The molecule has 2 aliphatic heterocycles. The maximum Gasteiger partial charge on any atom is 0.244 e. The zero-order valence-electron chi connectivity index (χ0n) is 10.6. The van der Waals surface area contributed by atoms with E-state index in [4.69, 9.17) is 4.74 Å². The number of ether oxygens (including phenoxy) is 1. The third kappa shape index (κ3) is 1.78. The smallest absolute Gasteiger partial charge is 0.244 e. The normalized spacial score (nSPS) is 33.8. The lowest BCUT2D eigenvalue weighted by Crippen LogP contribution is -2.47. The first-order valence-corrected chi connectivity index (χ1v) is 6.91. The quantitative estimate of drug-likeness (QED) is 0.787. The Morgan fingerprint density at radius 1 is 1.41 bits per heavy atom. The summed E-state index contributed by atoms with van der Waals surface area (Å²) >= 11 is 0. The summed E-state index contributed by atoms with van der Waals surface area (Å²) in [5.74, 6) is 0.318. The van der Waals surface area contributed by atoms with E-state index in [1.165, 1.54) is 12.8 Å². The lowest BCUT2D eigenvalue weighted by atomic mass is 9.97. The van der Waals surface area contributed by atoms with Crippen LogP contribution in [-0.2, 0) is 9.53 Å². The van der Waals surface area contributed by atoms with Gasteiger partial charge < -0.3 is 9.64 Å². The summed E-state index contributed by atoms with van der Waals surface area (Å²) in [6.45, 7) is 3.69. The minimum absolute atomic E-state index is 0.215. The maximum atomic E-state index is 12.5. The van der Waals surface area contributed by atoms with Crippen molar-refractivity contribution in [3.63, 3.8) is 0 Å². The van der Waals surface area contributed by atoms with Gasteiger partial charge in [0.05, 0.1) is 24.4 Å². The Morgan fingerprint density at radius 3 is 2.82 bits per heavy atom. The zero-order chi connectivity index (χ0) is 11.9. The van der Waals surface area contributed by atoms with Gasteiger partial charge in [-0.3, -0.25) is 10.1 Å². The van der Waals surface area contributed by atoms with Crippen molar-refractivity contribution in [2.75, 3.05) is 13.3 Å². The van der Waals surface area contributed by atoms with Crippen molar-refractivity contribution in [1.82, 2.24) is 10.2 Å². The van der Waals surface area contributed by atoms with Crippen LogP contribution in [0.1, 0.15) is 45.4 Å².